The van der Waals surface area contributed by atoms with E-state index < -0.39 is 0 Å². The molecule has 31 heavy (non-hydrogen) atoms. The number of hydrogen-bond acceptors (Lipinski definition) is 5. The van der Waals surface area contributed by atoms with Crippen molar-refractivity contribution >= 4 is 23.0 Å². The summed E-state index contributed by atoms with van der Waals surface area (Å²) in [6.45, 7) is 0.507. The van der Waals surface area contributed by atoms with Crippen LogP contribution in [0.2, 0.25) is 0 Å². The lowest BCUT2D eigenvalue weighted by molar-refractivity contribution is -0.134. The highest BCUT2D eigenvalue weighted by Crippen LogP contribution is 2.39. The van der Waals surface area contributed by atoms with Crippen LogP contribution >= 0.6 is 0 Å². The molecule has 6 nitrogen and oxygen atoms in total. The molecule has 160 valence electrons. The molecule has 1 heterocycles. The van der Waals surface area contributed by atoms with Crippen molar-refractivity contribution in [2.75, 3.05) is 27.4 Å². The molecule has 0 bridgehead atoms. The van der Waals surface area contributed by atoms with E-state index in [0.717, 1.165) is 47.0 Å². The van der Waals surface area contributed by atoms with Gasteiger partial charge in [-0.1, -0.05) is 30.3 Å². The predicted octanol–water partition coefficient (Wildman–Crippen LogP) is 4.41. The van der Waals surface area contributed by atoms with Crippen LogP contribution in [-0.4, -0.2) is 44.5 Å². The number of benzene rings is 3. The molecular weight excluding hydrogens is 394 g/mol. The molecule has 0 aromatic heterocycles. The summed E-state index contributed by atoms with van der Waals surface area (Å²) in [4.78, 5) is 26.6. The molecule has 6 heteroatoms. The van der Waals surface area contributed by atoms with Gasteiger partial charge in [0, 0.05) is 12.1 Å². The molecule has 1 atom stereocenters. The average Bonchev–Trinajstić information content (AvgIpc) is 3.31. The second-order valence-corrected chi connectivity index (χ2v) is 7.46. The maximum atomic E-state index is 13.1. The highest BCUT2D eigenvalue weighted by atomic mass is 16.5. The van der Waals surface area contributed by atoms with Crippen LogP contribution in [0.5, 0.6) is 17.2 Å². The maximum absolute atomic E-state index is 13.1. The molecule has 0 spiro atoms. The summed E-state index contributed by atoms with van der Waals surface area (Å²) in [5.41, 5.74) is 1.38. The van der Waals surface area contributed by atoms with Crippen LogP contribution in [-0.2, 0) is 4.79 Å². The summed E-state index contributed by atoms with van der Waals surface area (Å²) in [5.74, 6) is 1.73. The fourth-order valence-electron chi connectivity index (χ4n) is 4.23. The Hall–Kier alpha value is -3.54. The van der Waals surface area contributed by atoms with Crippen molar-refractivity contribution in [3.05, 3.63) is 65.7 Å². The number of carbonyl (C=O) groups excluding carboxylic acids is 2. The van der Waals surface area contributed by atoms with Crippen LogP contribution in [0.25, 0.3) is 10.8 Å². The molecule has 0 saturated carbocycles. The van der Waals surface area contributed by atoms with Gasteiger partial charge in [-0.15, -0.1) is 0 Å². The third kappa shape index (κ3) is 4.06. The lowest BCUT2D eigenvalue weighted by Gasteiger charge is -2.27. The minimum atomic E-state index is -0.137. The van der Waals surface area contributed by atoms with Gasteiger partial charge < -0.3 is 19.1 Å². The topological polar surface area (TPSA) is 65.1 Å². The first kappa shape index (κ1) is 20.7. The van der Waals surface area contributed by atoms with Crippen LogP contribution in [0.3, 0.4) is 0 Å². The molecule has 1 aliphatic rings. The zero-order chi connectivity index (χ0) is 21.8. The summed E-state index contributed by atoms with van der Waals surface area (Å²) in [7, 11) is 3.24. The fraction of sp³-hybridized carbons (Fsp3) is 0.280. The lowest BCUT2D eigenvalue weighted by atomic mass is 10.0. The molecule has 0 unspecified atom stereocenters. The van der Waals surface area contributed by atoms with E-state index in [4.69, 9.17) is 14.2 Å². The van der Waals surface area contributed by atoms with Crippen LogP contribution in [0, 0.1) is 0 Å². The number of hydrogen-bond donors (Lipinski definition) is 0. The summed E-state index contributed by atoms with van der Waals surface area (Å²) >= 11 is 0. The minimum absolute atomic E-state index is 0.108. The summed E-state index contributed by atoms with van der Waals surface area (Å²) < 4.78 is 16.7. The Morgan fingerprint density at radius 2 is 1.87 bits per heavy atom. The van der Waals surface area contributed by atoms with Gasteiger partial charge in [-0.05, 0) is 47.9 Å². The SMILES string of the molecule is COc1ccc(OC)c([C@H]2CCCN2C(=O)COc2ccc3ccccc3c2C=O)c1. The summed E-state index contributed by atoms with van der Waals surface area (Å²) in [6, 6.07) is 16.7. The molecule has 3 aromatic carbocycles. The molecule has 1 aliphatic heterocycles. The molecule has 0 aliphatic carbocycles. The fourth-order valence-corrected chi connectivity index (χ4v) is 4.23. The van der Waals surface area contributed by atoms with Gasteiger partial charge in [0.1, 0.15) is 17.2 Å². The normalized spacial score (nSPS) is 15.7. The first-order chi connectivity index (χ1) is 15.2. The highest BCUT2D eigenvalue weighted by Gasteiger charge is 2.32. The Balaban J connectivity index is 1.54. The second kappa shape index (κ2) is 9.08. The number of nitrogens with zero attached hydrogens (tertiary/aromatic N) is 1. The molecule has 1 saturated heterocycles. The van der Waals surface area contributed by atoms with Gasteiger partial charge in [0.05, 0.1) is 25.8 Å². The van der Waals surface area contributed by atoms with E-state index in [1.165, 1.54) is 0 Å². The standard InChI is InChI=1S/C25H25NO5/c1-29-18-10-12-23(30-2)20(14-18)22-8-5-13-26(22)25(28)16-31-24-11-9-17-6-3-4-7-19(17)21(24)15-27/h3-4,6-7,9-12,14-15,22H,5,8,13,16H2,1-2H3/t22-/m1/s1. The van der Waals surface area contributed by atoms with Crippen LogP contribution < -0.4 is 14.2 Å². The number of ether oxygens (including phenoxy) is 3. The molecule has 0 radical (unpaired) electrons. The Kier molecular flexibility index (Phi) is 6.07. The second-order valence-electron chi connectivity index (χ2n) is 7.46. The van der Waals surface area contributed by atoms with E-state index in [2.05, 4.69) is 0 Å². The van der Waals surface area contributed by atoms with Crippen molar-refractivity contribution in [3.63, 3.8) is 0 Å². The number of fused-ring (bicyclic) bond motifs is 1. The molecular formula is C25H25NO5. The van der Waals surface area contributed by atoms with E-state index in [0.29, 0.717) is 17.9 Å². The average molecular weight is 419 g/mol. The van der Waals surface area contributed by atoms with E-state index >= 15 is 0 Å². The third-order valence-corrected chi connectivity index (χ3v) is 5.77. The Bertz CT molecular complexity index is 1110. The number of amides is 1. The van der Waals surface area contributed by atoms with Gasteiger partial charge in [0.2, 0.25) is 0 Å². The quantitative estimate of drug-likeness (QED) is 0.531. The van der Waals surface area contributed by atoms with Gasteiger partial charge >= 0.3 is 0 Å². The smallest absolute Gasteiger partial charge is 0.261 e. The number of likely N-dealkylation sites (tertiary alicyclic amines) is 1. The van der Waals surface area contributed by atoms with Crippen molar-refractivity contribution < 1.29 is 23.8 Å². The lowest BCUT2D eigenvalue weighted by Crippen LogP contribution is -2.34. The van der Waals surface area contributed by atoms with Crippen molar-refractivity contribution in [1.82, 2.24) is 4.90 Å². The molecule has 0 N–H and O–H groups in total. The zero-order valence-electron chi connectivity index (χ0n) is 17.7. The van der Waals surface area contributed by atoms with E-state index in [1.807, 2.05) is 53.4 Å². The Labute approximate surface area is 181 Å². The summed E-state index contributed by atoms with van der Waals surface area (Å²) in [6.07, 6.45) is 2.51. The number of carbonyl (C=O) groups is 2. The largest absolute Gasteiger partial charge is 0.497 e. The number of methoxy groups -OCH3 is 2. The Morgan fingerprint density at radius 1 is 1.06 bits per heavy atom. The molecule has 1 fully saturated rings. The monoisotopic (exact) mass is 419 g/mol. The van der Waals surface area contributed by atoms with Gasteiger partial charge in [-0.25, -0.2) is 0 Å². The first-order valence-corrected chi connectivity index (χ1v) is 10.3. The molecule has 4 rings (SSSR count). The van der Waals surface area contributed by atoms with Crippen LogP contribution in [0.15, 0.2) is 54.6 Å². The van der Waals surface area contributed by atoms with E-state index in [9.17, 15) is 9.59 Å². The molecule has 3 aromatic rings. The van der Waals surface area contributed by atoms with Gasteiger partial charge in [0.25, 0.3) is 5.91 Å². The van der Waals surface area contributed by atoms with E-state index in [1.54, 1.807) is 20.3 Å². The van der Waals surface area contributed by atoms with Crippen LogP contribution in [0.1, 0.15) is 34.8 Å². The van der Waals surface area contributed by atoms with Gasteiger partial charge in [0.15, 0.2) is 12.9 Å². The van der Waals surface area contributed by atoms with Crippen molar-refractivity contribution in [2.24, 2.45) is 0 Å². The molecule has 1 amide bonds. The van der Waals surface area contributed by atoms with Crippen molar-refractivity contribution in [3.8, 4) is 17.2 Å². The van der Waals surface area contributed by atoms with Crippen LogP contribution in [0.4, 0.5) is 0 Å². The van der Waals surface area contributed by atoms with Crippen molar-refractivity contribution in [1.29, 1.82) is 0 Å². The van der Waals surface area contributed by atoms with Gasteiger partial charge in [-0.3, -0.25) is 9.59 Å². The number of rotatable bonds is 7. The third-order valence-electron chi connectivity index (χ3n) is 5.77. The first-order valence-electron chi connectivity index (χ1n) is 10.3. The summed E-state index contributed by atoms with van der Waals surface area (Å²) in [5, 5.41) is 1.76. The van der Waals surface area contributed by atoms with E-state index in [-0.39, 0.29) is 18.6 Å². The minimum Gasteiger partial charge on any atom is -0.497 e. The Morgan fingerprint density at radius 3 is 2.65 bits per heavy atom. The zero-order valence-corrected chi connectivity index (χ0v) is 17.7. The maximum Gasteiger partial charge on any atom is 0.261 e. The van der Waals surface area contributed by atoms with Gasteiger partial charge in [-0.2, -0.15) is 0 Å². The number of aldehydes is 1. The van der Waals surface area contributed by atoms with Crippen molar-refractivity contribution in [2.45, 2.75) is 18.9 Å². The highest BCUT2D eigenvalue weighted by molar-refractivity contribution is 6.00. The predicted molar refractivity (Wildman–Crippen MR) is 118 cm³/mol.